The van der Waals surface area contributed by atoms with Gasteiger partial charge >= 0.3 is 0 Å². The first-order chi connectivity index (χ1) is 17.8. The number of nitrogens with zero attached hydrogens (tertiary/aromatic N) is 3. The van der Waals surface area contributed by atoms with Crippen LogP contribution in [0, 0.1) is 0 Å². The van der Waals surface area contributed by atoms with E-state index in [0.717, 1.165) is 53.9 Å². The van der Waals surface area contributed by atoms with Gasteiger partial charge < -0.3 is 20.9 Å². The summed E-state index contributed by atoms with van der Waals surface area (Å²) in [6.07, 6.45) is 4.05. The summed E-state index contributed by atoms with van der Waals surface area (Å²) in [7, 11) is 0. The summed E-state index contributed by atoms with van der Waals surface area (Å²) in [6, 6.07) is 11.8. The van der Waals surface area contributed by atoms with Crippen molar-refractivity contribution in [3.8, 4) is 11.1 Å². The molecule has 3 amide bonds. The van der Waals surface area contributed by atoms with Crippen molar-refractivity contribution in [2.24, 2.45) is 10.7 Å². The molecule has 4 rings (SSSR count). The summed E-state index contributed by atoms with van der Waals surface area (Å²) in [5.41, 5.74) is 12.1. The molecule has 2 aliphatic rings. The average Bonchev–Trinajstić information content (AvgIpc) is 3.07. The van der Waals surface area contributed by atoms with Crippen molar-refractivity contribution in [2.75, 3.05) is 26.2 Å². The maximum atomic E-state index is 13.2. The van der Waals surface area contributed by atoms with E-state index in [2.05, 4.69) is 24.2 Å². The zero-order valence-corrected chi connectivity index (χ0v) is 21.8. The van der Waals surface area contributed by atoms with Crippen molar-refractivity contribution in [2.45, 2.75) is 46.6 Å². The molecule has 0 bridgehead atoms. The van der Waals surface area contributed by atoms with Gasteiger partial charge in [0.15, 0.2) is 0 Å². The number of amides is 3. The zero-order chi connectivity index (χ0) is 26.5. The molecule has 0 saturated carbocycles. The first-order valence-corrected chi connectivity index (χ1v) is 12.9. The van der Waals surface area contributed by atoms with Gasteiger partial charge in [-0.05, 0) is 53.8 Å². The minimum atomic E-state index is -0.108. The first kappa shape index (κ1) is 26.1. The highest BCUT2D eigenvalue weighted by molar-refractivity contribution is 6.05. The second kappa shape index (κ2) is 11.4. The lowest BCUT2D eigenvalue weighted by Crippen LogP contribution is -2.34. The number of benzene rings is 2. The number of hydrogen-bond donors (Lipinski definition) is 2. The van der Waals surface area contributed by atoms with E-state index in [1.165, 1.54) is 6.92 Å². The Balaban J connectivity index is 1.58. The van der Waals surface area contributed by atoms with Gasteiger partial charge in [-0.1, -0.05) is 32.0 Å². The van der Waals surface area contributed by atoms with Gasteiger partial charge in [0.1, 0.15) is 5.84 Å². The predicted octanol–water partition coefficient (Wildman–Crippen LogP) is 3.87. The molecule has 0 saturated heterocycles. The molecule has 2 heterocycles. The molecular formula is C29H35N5O3. The molecule has 0 radical (unpaired) electrons. The zero-order valence-electron chi connectivity index (χ0n) is 21.8. The maximum absolute atomic E-state index is 13.2. The second-order valence-corrected chi connectivity index (χ2v) is 9.60. The van der Waals surface area contributed by atoms with Crippen molar-refractivity contribution in [1.29, 1.82) is 0 Å². The fraction of sp³-hybridized carbons (Fsp3) is 0.379. The van der Waals surface area contributed by atoms with Gasteiger partial charge in [0, 0.05) is 62.8 Å². The molecule has 0 aromatic heterocycles. The van der Waals surface area contributed by atoms with E-state index in [1.54, 1.807) is 4.90 Å². The van der Waals surface area contributed by atoms with Crippen molar-refractivity contribution >= 4 is 35.3 Å². The molecular weight excluding hydrogens is 466 g/mol. The molecule has 0 unspecified atom stereocenters. The van der Waals surface area contributed by atoms with Crippen molar-refractivity contribution in [3.63, 3.8) is 0 Å². The quantitative estimate of drug-likeness (QED) is 0.544. The minimum Gasteiger partial charge on any atom is -0.387 e. The summed E-state index contributed by atoms with van der Waals surface area (Å²) in [5.74, 6) is 0.306. The molecule has 37 heavy (non-hydrogen) atoms. The van der Waals surface area contributed by atoms with Crippen LogP contribution in [0.5, 0.6) is 0 Å². The highest BCUT2D eigenvalue weighted by Crippen LogP contribution is 2.34. The highest BCUT2D eigenvalue weighted by atomic mass is 16.2. The van der Waals surface area contributed by atoms with Gasteiger partial charge in [-0.3, -0.25) is 14.4 Å². The molecule has 8 heteroatoms. The summed E-state index contributed by atoms with van der Waals surface area (Å²) >= 11 is 0. The molecule has 2 aromatic carbocycles. The Morgan fingerprint density at radius 2 is 1.78 bits per heavy atom. The van der Waals surface area contributed by atoms with E-state index in [9.17, 15) is 14.4 Å². The summed E-state index contributed by atoms with van der Waals surface area (Å²) in [6.45, 7) is 8.46. The number of nitrogens with two attached hydrogens (primary N) is 1. The van der Waals surface area contributed by atoms with Crippen molar-refractivity contribution in [1.82, 2.24) is 15.1 Å². The number of fused-ring (bicyclic) bond motifs is 2. The number of amidine groups is 1. The molecule has 2 aromatic rings. The third kappa shape index (κ3) is 5.90. The average molecular weight is 502 g/mol. The van der Waals surface area contributed by atoms with Crippen LogP contribution in [0.15, 0.2) is 47.0 Å². The lowest BCUT2D eigenvalue weighted by molar-refractivity contribution is -0.127. The van der Waals surface area contributed by atoms with Crippen LogP contribution >= 0.6 is 0 Å². The van der Waals surface area contributed by atoms with E-state index in [1.807, 2.05) is 47.4 Å². The number of carbonyl (C=O) groups is 3. The Morgan fingerprint density at radius 3 is 2.49 bits per heavy atom. The first-order valence-electron chi connectivity index (χ1n) is 12.9. The maximum Gasteiger partial charge on any atom is 0.254 e. The van der Waals surface area contributed by atoms with E-state index in [0.29, 0.717) is 43.0 Å². The standard InChI is InChI=1S/C29H35N5O3/c1-4-11-33(12-5-2)28(36)23-15-22-7-6-21(16-26(22)32-27(30)17-23)20-8-9-25-24(14-20)18-34(29(25)37)13-10-31-19(3)35/h6-9,14-16H,4-5,10-13,17-18H2,1-3H3,(H2,30,32)(H,31,35). The van der Waals surface area contributed by atoms with E-state index in [4.69, 9.17) is 5.73 Å². The summed E-state index contributed by atoms with van der Waals surface area (Å²) in [4.78, 5) is 45.4. The Morgan fingerprint density at radius 1 is 1.08 bits per heavy atom. The molecule has 0 aliphatic carbocycles. The fourth-order valence-electron chi connectivity index (χ4n) is 4.87. The van der Waals surface area contributed by atoms with E-state index >= 15 is 0 Å². The van der Waals surface area contributed by atoms with Crippen molar-refractivity contribution < 1.29 is 14.4 Å². The molecule has 0 spiro atoms. The normalized spacial score (nSPS) is 14.4. The Labute approximate surface area is 218 Å². The Bertz CT molecular complexity index is 1270. The fourth-order valence-corrected chi connectivity index (χ4v) is 4.87. The van der Waals surface area contributed by atoms with Crippen LogP contribution in [0.1, 0.15) is 61.5 Å². The van der Waals surface area contributed by atoms with Crippen LogP contribution in [0.2, 0.25) is 0 Å². The van der Waals surface area contributed by atoms with Gasteiger partial charge in [-0.15, -0.1) is 0 Å². The lowest BCUT2D eigenvalue weighted by atomic mass is 9.98. The molecule has 194 valence electrons. The van der Waals surface area contributed by atoms with Gasteiger partial charge in [0.2, 0.25) is 11.8 Å². The molecule has 0 fully saturated rings. The topological polar surface area (TPSA) is 108 Å². The number of rotatable bonds is 9. The summed E-state index contributed by atoms with van der Waals surface area (Å²) < 4.78 is 0. The number of carbonyl (C=O) groups excluding carboxylic acids is 3. The van der Waals surface area contributed by atoms with Crippen LogP contribution < -0.4 is 11.1 Å². The number of nitrogens with one attached hydrogen (secondary N) is 1. The predicted molar refractivity (Wildman–Crippen MR) is 146 cm³/mol. The van der Waals surface area contributed by atoms with Gasteiger partial charge in [-0.2, -0.15) is 0 Å². The minimum absolute atomic E-state index is 0.0186. The highest BCUT2D eigenvalue weighted by Gasteiger charge is 2.27. The van der Waals surface area contributed by atoms with Crippen LogP contribution in [0.25, 0.3) is 17.2 Å². The van der Waals surface area contributed by atoms with Crippen LogP contribution in [-0.2, 0) is 16.1 Å². The van der Waals surface area contributed by atoms with Crippen LogP contribution in [0.4, 0.5) is 5.69 Å². The number of hydrogen-bond acceptors (Lipinski definition) is 5. The summed E-state index contributed by atoms with van der Waals surface area (Å²) in [5, 5.41) is 2.74. The van der Waals surface area contributed by atoms with Gasteiger partial charge in [0.05, 0.1) is 5.69 Å². The van der Waals surface area contributed by atoms with Gasteiger partial charge in [0.25, 0.3) is 5.91 Å². The van der Waals surface area contributed by atoms with E-state index in [-0.39, 0.29) is 17.7 Å². The smallest absolute Gasteiger partial charge is 0.254 e. The van der Waals surface area contributed by atoms with Gasteiger partial charge in [-0.25, -0.2) is 4.99 Å². The molecule has 8 nitrogen and oxygen atoms in total. The SMILES string of the molecule is CCCN(CCC)C(=O)C1=Cc2ccc(-c3ccc4c(c3)CN(CCNC(C)=O)C4=O)cc2N=C(N)C1. The monoisotopic (exact) mass is 501 g/mol. The Hall–Kier alpha value is -3.94. The van der Waals surface area contributed by atoms with Crippen molar-refractivity contribution in [3.05, 3.63) is 58.7 Å². The Kier molecular flexibility index (Phi) is 8.06. The molecule has 0 atom stereocenters. The second-order valence-electron chi connectivity index (χ2n) is 9.60. The molecule has 2 aliphatic heterocycles. The lowest BCUT2D eigenvalue weighted by Gasteiger charge is -2.22. The number of aliphatic imine (C=N–C) groups is 1. The van der Waals surface area contributed by atoms with E-state index < -0.39 is 0 Å². The third-order valence-corrected chi connectivity index (χ3v) is 6.62. The third-order valence-electron chi connectivity index (χ3n) is 6.62. The van der Waals surface area contributed by atoms with Crippen LogP contribution in [0.3, 0.4) is 0 Å². The largest absolute Gasteiger partial charge is 0.387 e. The van der Waals surface area contributed by atoms with Crippen LogP contribution in [-0.4, -0.2) is 59.5 Å². The molecule has 3 N–H and O–H groups in total.